The van der Waals surface area contributed by atoms with Gasteiger partial charge in [0.1, 0.15) is 16.6 Å². The zero-order valence-corrected chi connectivity index (χ0v) is 16.4. The number of ether oxygens (including phenoxy) is 1. The number of hydrogen-bond donors (Lipinski definition) is 1. The van der Waals surface area contributed by atoms with Crippen molar-refractivity contribution in [2.75, 3.05) is 12.4 Å². The van der Waals surface area contributed by atoms with Crippen molar-refractivity contribution in [3.8, 4) is 16.3 Å². The summed E-state index contributed by atoms with van der Waals surface area (Å²) in [5.74, 6) is 0.280. The Morgan fingerprint density at radius 1 is 1.07 bits per heavy atom. The normalized spacial score (nSPS) is 11.1. The molecule has 0 aliphatic carbocycles. The number of halogens is 1. The number of benzene rings is 3. The van der Waals surface area contributed by atoms with Gasteiger partial charge in [0, 0.05) is 17.3 Å². The number of thiazole rings is 1. The number of hydrogen-bond acceptors (Lipinski definition) is 4. The number of rotatable bonds is 5. The maximum atomic E-state index is 13.4. The largest absolute Gasteiger partial charge is 0.497 e. The average molecular weight is 404 g/mol. The minimum Gasteiger partial charge on any atom is -0.497 e. The van der Waals surface area contributed by atoms with Gasteiger partial charge in [0.2, 0.25) is 5.91 Å². The fourth-order valence-corrected chi connectivity index (χ4v) is 3.78. The van der Waals surface area contributed by atoms with E-state index in [-0.39, 0.29) is 11.7 Å². The Labute approximate surface area is 171 Å². The van der Waals surface area contributed by atoms with Gasteiger partial charge in [0.15, 0.2) is 0 Å². The first kappa shape index (κ1) is 18.8. The first-order valence-electron chi connectivity index (χ1n) is 8.90. The van der Waals surface area contributed by atoms with Crippen molar-refractivity contribution in [3.05, 3.63) is 84.2 Å². The van der Waals surface area contributed by atoms with E-state index in [1.54, 1.807) is 19.3 Å². The standard InChI is InChI=1S/C23H17FN2O2S/c1-28-19-10-2-15(3-11-19)4-13-22(27)25-18-8-5-16(6-9-18)23-26-20-12-7-17(24)14-21(20)29-23/h2-14H,1H3,(H,25,27)/b13-4+. The van der Waals surface area contributed by atoms with Gasteiger partial charge in [-0.2, -0.15) is 0 Å². The summed E-state index contributed by atoms with van der Waals surface area (Å²) in [6, 6.07) is 19.4. The van der Waals surface area contributed by atoms with E-state index in [1.165, 1.54) is 29.5 Å². The molecule has 0 aliphatic rings. The maximum Gasteiger partial charge on any atom is 0.248 e. The van der Waals surface area contributed by atoms with Crippen LogP contribution in [0.5, 0.6) is 5.75 Å². The van der Waals surface area contributed by atoms with Gasteiger partial charge in [-0.05, 0) is 66.2 Å². The second-order valence-electron chi connectivity index (χ2n) is 6.30. The summed E-state index contributed by atoms with van der Waals surface area (Å²) >= 11 is 1.43. The highest BCUT2D eigenvalue weighted by Gasteiger charge is 2.07. The molecule has 0 saturated heterocycles. The number of methoxy groups -OCH3 is 1. The topological polar surface area (TPSA) is 51.2 Å². The molecule has 1 heterocycles. The average Bonchev–Trinajstić information content (AvgIpc) is 3.16. The summed E-state index contributed by atoms with van der Waals surface area (Å²) in [5, 5.41) is 3.64. The number of aromatic nitrogens is 1. The van der Waals surface area contributed by atoms with Gasteiger partial charge in [-0.3, -0.25) is 4.79 Å². The summed E-state index contributed by atoms with van der Waals surface area (Å²) in [4.78, 5) is 16.7. The Morgan fingerprint density at radius 3 is 2.55 bits per heavy atom. The highest BCUT2D eigenvalue weighted by molar-refractivity contribution is 7.21. The zero-order chi connectivity index (χ0) is 20.2. The highest BCUT2D eigenvalue weighted by Crippen LogP contribution is 2.31. The van der Waals surface area contributed by atoms with Gasteiger partial charge in [-0.15, -0.1) is 11.3 Å². The molecule has 4 aromatic rings. The Morgan fingerprint density at radius 2 is 1.83 bits per heavy atom. The number of fused-ring (bicyclic) bond motifs is 1. The number of carbonyl (C=O) groups excluding carboxylic acids is 1. The molecule has 0 fully saturated rings. The Balaban J connectivity index is 1.42. The minimum atomic E-state index is -0.270. The SMILES string of the molecule is COc1ccc(/C=C/C(=O)Nc2ccc(-c3nc4ccc(F)cc4s3)cc2)cc1. The Bertz CT molecular complexity index is 1180. The number of nitrogens with one attached hydrogen (secondary N) is 1. The van der Waals surface area contributed by atoms with Gasteiger partial charge in [-0.1, -0.05) is 12.1 Å². The van der Waals surface area contributed by atoms with E-state index in [0.717, 1.165) is 32.1 Å². The molecule has 6 heteroatoms. The summed E-state index contributed by atoms with van der Waals surface area (Å²) in [6.07, 6.45) is 3.22. The number of carbonyl (C=O) groups is 1. The summed E-state index contributed by atoms with van der Waals surface area (Å²) in [6.45, 7) is 0. The van der Waals surface area contributed by atoms with Gasteiger partial charge in [0.25, 0.3) is 0 Å². The third-order valence-electron chi connectivity index (χ3n) is 4.29. The maximum absolute atomic E-state index is 13.4. The van der Waals surface area contributed by atoms with E-state index in [9.17, 15) is 9.18 Å². The third kappa shape index (κ3) is 4.50. The Kier molecular flexibility index (Phi) is 5.35. The first-order valence-corrected chi connectivity index (χ1v) is 9.72. The zero-order valence-electron chi connectivity index (χ0n) is 15.6. The monoisotopic (exact) mass is 404 g/mol. The lowest BCUT2D eigenvalue weighted by atomic mass is 10.2. The first-order chi connectivity index (χ1) is 14.1. The predicted octanol–water partition coefficient (Wildman–Crippen LogP) is 5.76. The molecule has 1 aromatic heterocycles. The molecule has 0 radical (unpaired) electrons. The molecule has 3 aromatic carbocycles. The Hall–Kier alpha value is -3.51. The lowest BCUT2D eigenvalue weighted by molar-refractivity contribution is -0.111. The van der Waals surface area contributed by atoms with Crippen LogP contribution in [-0.4, -0.2) is 18.0 Å². The lowest BCUT2D eigenvalue weighted by Crippen LogP contribution is -2.07. The fourth-order valence-electron chi connectivity index (χ4n) is 2.79. The predicted molar refractivity (Wildman–Crippen MR) is 116 cm³/mol. The van der Waals surface area contributed by atoms with Crippen molar-refractivity contribution < 1.29 is 13.9 Å². The van der Waals surface area contributed by atoms with Crippen molar-refractivity contribution in [2.45, 2.75) is 0 Å². The van der Waals surface area contributed by atoms with Crippen molar-refractivity contribution >= 4 is 39.2 Å². The van der Waals surface area contributed by atoms with Crippen LogP contribution in [0.3, 0.4) is 0 Å². The molecule has 144 valence electrons. The molecular weight excluding hydrogens is 387 g/mol. The summed E-state index contributed by atoms with van der Waals surface area (Å²) < 4.78 is 19.3. The molecule has 0 saturated carbocycles. The van der Waals surface area contributed by atoms with E-state index in [4.69, 9.17) is 4.74 Å². The summed E-state index contributed by atoms with van der Waals surface area (Å²) in [7, 11) is 1.61. The van der Waals surface area contributed by atoms with Crippen LogP contribution in [-0.2, 0) is 4.79 Å². The van der Waals surface area contributed by atoms with Gasteiger partial charge < -0.3 is 10.1 Å². The summed E-state index contributed by atoms with van der Waals surface area (Å²) in [5.41, 5.74) is 3.28. The van der Waals surface area contributed by atoms with Crippen molar-refractivity contribution in [1.29, 1.82) is 0 Å². The van der Waals surface area contributed by atoms with Crippen LogP contribution in [0.4, 0.5) is 10.1 Å². The van der Waals surface area contributed by atoms with Crippen molar-refractivity contribution in [2.24, 2.45) is 0 Å². The van der Waals surface area contributed by atoms with E-state index in [1.807, 2.05) is 48.5 Å². The molecule has 0 aliphatic heterocycles. The molecule has 4 nitrogen and oxygen atoms in total. The molecule has 0 bridgehead atoms. The molecular formula is C23H17FN2O2S. The van der Waals surface area contributed by atoms with Gasteiger partial charge in [-0.25, -0.2) is 9.37 Å². The van der Waals surface area contributed by atoms with E-state index in [2.05, 4.69) is 10.3 Å². The lowest BCUT2D eigenvalue weighted by Gasteiger charge is -2.03. The molecule has 0 spiro atoms. The van der Waals surface area contributed by atoms with Crippen LogP contribution in [0.15, 0.2) is 72.8 Å². The minimum absolute atomic E-state index is 0.218. The van der Waals surface area contributed by atoms with E-state index >= 15 is 0 Å². The van der Waals surface area contributed by atoms with Crippen molar-refractivity contribution in [3.63, 3.8) is 0 Å². The third-order valence-corrected chi connectivity index (χ3v) is 5.36. The molecule has 0 unspecified atom stereocenters. The second kappa shape index (κ2) is 8.24. The van der Waals surface area contributed by atoms with Crippen LogP contribution in [0.25, 0.3) is 26.9 Å². The quantitative estimate of drug-likeness (QED) is 0.430. The van der Waals surface area contributed by atoms with Crippen LogP contribution in [0, 0.1) is 5.82 Å². The van der Waals surface area contributed by atoms with Crippen molar-refractivity contribution in [1.82, 2.24) is 4.98 Å². The van der Waals surface area contributed by atoms with Gasteiger partial charge in [0.05, 0.1) is 17.3 Å². The van der Waals surface area contributed by atoms with E-state index in [0.29, 0.717) is 5.69 Å². The molecule has 4 rings (SSSR count). The number of nitrogens with zero attached hydrogens (tertiary/aromatic N) is 1. The second-order valence-corrected chi connectivity index (χ2v) is 7.33. The molecule has 1 N–H and O–H groups in total. The highest BCUT2D eigenvalue weighted by atomic mass is 32.1. The smallest absolute Gasteiger partial charge is 0.248 e. The molecule has 0 atom stereocenters. The van der Waals surface area contributed by atoms with Crippen LogP contribution in [0.2, 0.25) is 0 Å². The number of amides is 1. The molecule has 1 amide bonds. The van der Waals surface area contributed by atoms with E-state index < -0.39 is 0 Å². The number of anilines is 1. The van der Waals surface area contributed by atoms with Crippen LogP contribution < -0.4 is 10.1 Å². The van der Waals surface area contributed by atoms with Crippen LogP contribution in [0.1, 0.15) is 5.56 Å². The van der Waals surface area contributed by atoms with Crippen LogP contribution >= 0.6 is 11.3 Å². The molecule has 29 heavy (non-hydrogen) atoms. The fraction of sp³-hybridized carbons (Fsp3) is 0.0435. The van der Waals surface area contributed by atoms with Gasteiger partial charge >= 0.3 is 0 Å².